The Hall–Kier alpha value is -2.65. The van der Waals surface area contributed by atoms with Crippen molar-refractivity contribution < 1.29 is 18.7 Å². The zero-order chi connectivity index (χ0) is 19.2. The molecule has 6 nitrogen and oxygen atoms in total. The zero-order valence-corrected chi connectivity index (χ0v) is 15.9. The monoisotopic (exact) mass is 405 g/mol. The highest BCUT2D eigenvalue weighted by molar-refractivity contribution is 8.01. The summed E-state index contributed by atoms with van der Waals surface area (Å²) in [6.45, 7) is 1.46. The molecule has 2 amide bonds. The van der Waals surface area contributed by atoms with E-state index in [2.05, 4.69) is 15.8 Å². The quantitative estimate of drug-likeness (QED) is 0.487. The Bertz CT molecular complexity index is 931. The minimum atomic E-state index is -0.973. The van der Waals surface area contributed by atoms with Crippen molar-refractivity contribution >= 4 is 45.1 Å². The highest BCUT2D eigenvalue weighted by Crippen LogP contribution is 2.28. The fourth-order valence-electron chi connectivity index (χ4n) is 2.09. The number of amides is 2. The summed E-state index contributed by atoms with van der Waals surface area (Å²) < 4.78 is 20.6. The molecule has 0 aliphatic heterocycles. The zero-order valence-electron chi connectivity index (χ0n) is 14.3. The van der Waals surface area contributed by atoms with E-state index in [9.17, 15) is 14.0 Å². The smallest absolute Gasteiger partial charge is 0.279 e. The van der Waals surface area contributed by atoms with Crippen LogP contribution in [-0.4, -0.2) is 28.7 Å². The Morgan fingerprint density at radius 1 is 1.19 bits per heavy atom. The maximum Gasteiger partial charge on any atom is 0.279 e. The molecular weight excluding hydrogens is 389 g/mol. The molecule has 0 fully saturated rings. The van der Waals surface area contributed by atoms with Gasteiger partial charge in [0.25, 0.3) is 5.91 Å². The second-order valence-corrected chi connectivity index (χ2v) is 7.72. The normalized spacial score (nSPS) is 11.8. The van der Waals surface area contributed by atoms with Crippen LogP contribution in [0.4, 0.5) is 4.39 Å². The number of para-hydroxylation sites is 2. The number of hydrogen-bond donors (Lipinski definition) is 2. The molecule has 0 bridgehead atoms. The van der Waals surface area contributed by atoms with Crippen molar-refractivity contribution in [3.8, 4) is 5.75 Å². The summed E-state index contributed by atoms with van der Waals surface area (Å²) in [7, 11) is 0. The maximum absolute atomic E-state index is 13.5. The van der Waals surface area contributed by atoms with Gasteiger partial charge in [-0.15, -0.1) is 11.3 Å². The molecule has 1 atom stereocenters. The van der Waals surface area contributed by atoms with Gasteiger partial charge in [0, 0.05) is 0 Å². The van der Waals surface area contributed by atoms with Gasteiger partial charge in [0.2, 0.25) is 5.91 Å². The van der Waals surface area contributed by atoms with Crippen LogP contribution in [-0.2, 0) is 9.59 Å². The number of nitrogens with zero attached hydrogens (tertiary/aromatic N) is 1. The number of nitrogens with one attached hydrogen (secondary N) is 2. The van der Waals surface area contributed by atoms with E-state index < -0.39 is 17.8 Å². The number of hydrazine groups is 1. The summed E-state index contributed by atoms with van der Waals surface area (Å²) >= 11 is 2.78. The van der Waals surface area contributed by atoms with E-state index in [-0.39, 0.29) is 17.4 Å². The van der Waals surface area contributed by atoms with Crippen LogP contribution in [0.25, 0.3) is 10.2 Å². The van der Waals surface area contributed by atoms with Gasteiger partial charge in [0.1, 0.15) is 0 Å². The summed E-state index contributed by atoms with van der Waals surface area (Å²) in [5.41, 5.74) is 5.47. The topological polar surface area (TPSA) is 80.3 Å². The van der Waals surface area contributed by atoms with Gasteiger partial charge in [0.05, 0.1) is 16.0 Å². The number of thioether (sulfide) groups is 1. The summed E-state index contributed by atoms with van der Waals surface area (Å²) in [6.07, 6.45) is -0.973. The molecule has 1 aromatic heterocycles. The van der Waals surface area contributed by atoms with Crippen molar-refractivity contribution in [1.29, 1.82) is 0 Å². The average Bonchev–Trinajstić information content (AvgIpc) is 3.09. The van der Waals surface area contributed by atoms with Crippen LogP contribution in [0, 0.1) is 5.82 Å². The van der Waals surface area contributed by atoms with Crippen LogP contribution >= 0.6 is 23.1 Å². The van der Waals surface area contributed by atoms with E-state index >= 15 is 0 Å². The maximum atomic E-state index is 13.5. The van der Waals surface area contributed by atoms with Crippen molar-refractivity contribution in [3.05, 3.63) is 54.3 Å². The van der Waals surface area contributed by atoms with Gasteiger partial charge in [-0.3, -0.25) is 20.4 Å². The van der Waals surface area contributed by atoms with Crippen molar-refractivity contribution in [2.75, 3.05) is 5.75 Å². The third-order valence-electron chi connectivity index (χ3n) is 3.44. The van der Waals surface area contributed by atoms with Gasteiger partial charge in [-0.1, -0.05) is 36.0 Å². The summed E-state index contributed by atoms with van der Waals surface area (Å²) in [4.78, 5) is 28.3. The molecule has 1 heterocycles. The summed E-state index contributed by atoms with van der Waals surface area (Å²) in [5.74, 6) is -1.46. The van der Waals surface area contributed by atoms with Crippen LogP contribution in [0.1, 0.15) is 6.92 Å². The summed E-state index contributed by atoms with van der Waals surface area (Å²) in [5, 5.41) is 0. The highest BCUT2D eigenvalue weighted by Gasteiger charge is 2.17. The second-order valence-electron chi connectivity index (χ2n) is 5.46. The Labute approximate surface area is 163 Å². The molecule has 2 aromatic carbocycles. The third-order valence-corrected chi connectivity index (χ3v) is 5.62. The van der Waals surface area contributed by atoms with E-state index in [1.807, 2.05) is 24.3 Å². The fraction of sp³-hybridized carbons (Fsp3) is 0.167. The largest absolute Gasteiger partial charge is 0.478 e. The minimum Gasteiger partial charge on any atom is -0.478 e. The van der Waals surface area contributed by atoms with Crippen molar-refractivity contribution in [3.63, 3.8) is 0 Å². The lowest BCUT2D eigenvalue weighted by molar-refractivity contribution is -0.132. The van der Waals surface area contributed by atoms with Crippen LogP contribution in [0.3, 0.4) is 0 Å². The molecule has 0 aliphatic rings. The lowest BCUT2D eigenvalue weighted by Gasteiger charge is -2.15. The molecule has 0 saturated heterocycles. The first-order valence-electron chi connectivity index (χ1n) is 8.01. The van der Waals surface area contributed by atoms with Crippen LogP contribution in [0.15, 0.2) is 52.9 Å². The Morgan fingerprint density at radius 2 is 1.93 bits per heavy atom. The Kier molecular flexibility index (Phi) is 6.25. The van der Waals surface area contributed by atoms with E-state index in [4.69, 9.17) is 4.74 Å². The number of fused-ring (bicyclic) bond motifs is 1. The number of hydrogen-bond acceptors (Lipinski definition) is 6. The van der Waals surface area contributed by atoms with Crippen LogP contribution in [0.5, 0.6) is 5.75 Å². The highest BCUT2D eigenvalue weighted by atomic mass is 32.2. The number of rotatable bonds is 6. The molecule has 3 rings (SSSR count). The van der Waals surface area contributed by atoms with Crippen LogP contribution < -0.4 is 15.6 Å². The van der Waals surface area contributed by atoms with Crippen molar-refractivity contribution in [2.24, 2.45) is 0 Å². The number of aromatic nitrogens is 1. The van der Waals surface area contributed by atoms with E-state index in [1.165, 1.54) is 48.2 Å². The fourth-order valence-corrected chi connectivity index (χ4v) is 3.96. The molecule has 0 spiro atoms. The first-order chi connectivity index (χ1) is 13.0. The Balaban J connectivity index is 1.44. The van der Waals surface area contributed by atoms with Gasteiger partial charge in [-0.25, -0.2) is 9.37 Å². The molecule has 9 heteroatoms. The molecule has 0 aliphatic carbocycles. The van der Waals surface area contributed by atoms with Crippen molar-refractivity contribution in [2.45, 2.75) is 17.4 Å². The van der Waals surface area contributed by atoms with Gasteiger partial charge in [-0.2, -0.15) is 0 Å². The Morgan fingerprint density at radius 3 is 2.70 bits per heavy atom. The van der Waals surface area contributed by atoms with Crippen molar-refractivity contribution in [1.82, 2.24) is 15.8 Å². The molecule has 27 heavy (non-hydrogen) atoms. The first kappa shape index (κ1) is 19.1. The molecular formula is C18H16FN3O3S2. The van der Waals surface area contributed by atoms with Gasteiger partial charge in [-0.05, 0) is 31.2 Å². The molecule has 0 saturated carbocycles. The van der Waals surface area contributed by atoms with Gasteiger partial charge >= 0.3 is 0 Å². The van der Waals surface area contributed by atoms with Crippen LogP contribution in [0.2, 0.25) is 0 Å². The predicted octanol–water partition coefficient (Wildman–Crippen LogP) is 3.14. The number of carbonyl (C=O) groups excluding carboxylic acids is 2. The average molecular weight is 405 g/mol. The number of carbonyl (C=O) groups is 2. The minimum absolute atomic E-state index is 0.0298. The first-order valence-corrected chi connectivity index (χ1v) is 9.81. The van der Waals surface area contributed by atoms with E-state index in [1.54, 1.807) is 6.07 Å². The standard InChI is InChI=1S/C18H16FN3O3S2/c1-11(25-14-8-4-2-6-12(14)19)17(24)22-21-16(23)10-26-18-20-13-7-3-5-9-15(13)27-18/h2-9,11H,10H2,1H3,(H,21,23)(H,22,24). The second kappa shape index (κ2) is 8.83. The van der Waals surface area contributed by atoms with E-state index in [0.717, 1.165) is 14.6 Å². The number of thiazole rings is 1. The molecule has 3 aromatic rings. The third kappa shape index (κ3) is 5.18. The number of halogens is 1. The predicted molar refractivity (Wildman–Crippen MR) is 103 cm³/mol. The molecule has 1 unspecified atom stereocenters. The SMILES string of the molecule is CC(Oc1ccccc1F)C(=O)NNC(=O)CSc1nc2ccccc2s1. The summed E-state index contributed by atoms with van der Waals surface area (Å²) in [6, 6.07) is 13.5. The van der Waals surface area contributed by atoms with Gasteiger partial charge in [0.15, 0.2) is 22.0 Å². The number of benzene rings is 2. The molecule has 140 valence electrons. The molecule has 0 radical (unpaired) electrons. The molecule has 2 N–H and O–H groups in total. The number of ether oxygens (including phenoxy) is 1. The van der Waals surface area contributed by atoms with E-state index in [0.29, 0.717) is 0 Å². The van der Waals surface area contributed by atoms with Gasteiger partial charge < -0.3 is 4.74 Å². The lowest BCUT2D eigenvalue weighted by Crippen LogP contribution is -2.47. The lowest BCUT2D eigenvalue weighted by atomic mass is 10.3.